The Kier molecular flexibility index (Phi) is 2.72. The molecule has 1 atom stereocenters. The molecule has 0 radical (unpaired) electrons. The van der Waals surface area contributed by atoms with Crippen molar-refractivity contribution in [3.63, 3.8) is 0 Å². The van der Waals surface area contributed by atoms with Crippen LogP contribution >= 0.6 is 11.3 Å². The molecule has 1 aliphatic rings. The van der Waals surface area contributed by atoms with E-state index in [1.165, 1.54) is 4.88 Å². The van der Waals surface area contributed by atoms with Gasteiger partial charge in [0, 0.05) is 17.4 Å². The normalized spacial score (nSPS) is 20.9. The summed E-state index contributed by atoms with van der Waals surface area (Å²) < 4.78 is 5.48. The Morgan fingerprint density at radius 2 is 2.35 bits per heavy atom. The summed E-state index contributed by atoms with van der Waals surface area (Å²) in [6.45, 7) is 3.64. The van der Waals surface area contributed by atoms with Gasteiger partial charge >= 0.3 is 0 Å². The highest BCUT2D eigenvalue weighted by molar-refractivity contribution is 7.18. The SMILES string of the molecule is Cc1cc2c(N)nc(C3CCCOC3)nc2s1. The van der Waals surface area contributed by atoms with E-state index < -0.39 is 0 Å². The highest BCUT2D eigenvalue weighted by atomic mass is 32.1. The summed E-state index contributed by atoms with van der Waals surface area (Å²) in [5, 5.41) is 0.980. The van der Waals surface area contributed by atoms with E-state index in [-0.39, 0.29) is 0 Å². The molecule has 3 rings (SSSR count). The molecule has 1 saturated heterocycles. The van der Waals surface area contributed by atoms with Crippen molar-refractivity contribution in [2.45, 2.75) is 25.7 Å². The van der Waals surface area contributed by atoms with Crippen molar-refractivity contribution in [1.82, 2.24) is 9.97 Å². The molecule has 1 unspecified atom stereocenters. The van der Waals surface area contributed by atoms with Crippen molar-refractivity contribution in [1.29, 1.82) is 0 Å². The predicted octanol–water partition coefficient (Wildman–Crippen LogP) is 2.48. The van der Waals surface area contributed by atoms with Gasteiger partial charge in [-0.2, -0.15) is 0 Å². The molecule has 5 heteroatoms. The summed E-state index contributed by atoms with van der Waals surface area (Å²) in [6, 6.07) is 2.05. The zero-order valence-electron chi connectivity index (χ0n) is 9.77. The summed E-state index contributed by atoms with van der Waals surface area (Å²) in [4.78, 5) is 11.3. The van der Waals surface area contributed by atoms with E-state index in [4.69, 9.17) is 10.5 Å². The molecular weight excluding hydrogens is 234 g/mol. The first-order chi connectivity index (χ1) is 8.24. The highest BCUT2D eigenvalue weighted by Crippen LogP contribution is 2.30. The number of hydrogen-bond donors (Lipinski definition) is 1. The monoisotopic (exact) mass is 249 g/mol. The lowest BCUT2D eigenvalue weighted by Crippen LogP contribution is -2.18. The lowest BCUT2D eigenvalue weighted by molar-refractivity contribution is 0.0782. The van der Waals surface area contributed by atoms with Crippen LogP contribution in [-0.2, 0) is 4.74 Å². The third-order valence-corrected chi connectivity index (χ3v) is 4.03. The summed E-state index contributed by atoms with van der Waals surface area (Å²) in [6.07, 6.45) is 2.17. The Labute approximate surface area is 104 Å². The first-order valence-corrected chi connectivity index (χ1v) is 6.67. The molecule has 2 aromatic rings. The van der Waals surface area contributed by atoms with E-state index in [2.05, 4.69) is 23.0 Å². The maximum atomic E-state index is 5.99. The quantitative estimate of drug-likeness (QED) is 0.843. The molecule has 3 heterocycles. The molecule has 0 aromatic carbocycles. The minimum atomic E-state index is 0.304. The van der Waals surface area contributed by atoms with Crippen LogP contribution in [0.15, 0.2) is 6.07 Å². The Morgan fingerprint density at radius 1 is 1.47 bits per heavy atom. The van der Waals surface area contributed by atoms with Gasteiger partial charge in [-0.05, 0) is 25.8 Å². The van der Waals surface area contributed by atoms with Gasteiger partial charge in [0.1, 0.15) is 16.5 Å². The Morgan fingerprint density at radius 3 is 3.12 bits per heavy atom. The number of nitrogen functional groups attached to an aromatic ring is 1. The van der Waals surface area contributed by atoms with Gasteiger partial charge in [0.05, 0.1) is 12.0 Å². The topological polar surface area (TPSA) is 61.0 Å². The fourth-order valence-corrected chi connectivity index (χ4v) is 3.10. The maximum absolute atomic E-state index is 5.99. The predicted molar refractivity (Wildman–Crippen MR) is 69.4 cm³/mol. The number of hydrogen-bond acceptors (Lipinski definition) is 5. The zero-order chi connectivity index (χ0) is 11.8. The molecule has 0 saturated carbocycles. The van der Waals surface area contributed by atoms with Crippen molar-refractivity contribution in [3.8, 4) is 0 Å². The van der Waals surface area contributed by atoms with Gasteiger partial charge in [-0.1, -0.05) is 0 Å². The van der Waals surface area contributed by atoms with E-state index in [0.717, 1.165) is 42.1 Å². The van der Waals surface area contributed by atoms with Gasteiger partial charge in [0.15, 0.2) is 0 Å². The smallest absolute Gasteiger partial charge is 0.137 e. The second-order valence-corrected chi connectivity index (χ2v) is 5.69. The first kappa shape index (κ1) is 10.9. The molecule has 1 fully saturated rings. The van der Waals surface area contributed by atoms with Crippen LogP contribution in [0.5, 0.6) is 0 Å². The first-order valence-electron chi connectivity index (χ1n) is 5.85. The summed E-state index contributed by atoms with van der Waals surface area (Å²) in [7, 11) is 0. The molecule has 1 aliphatic heterocycles. The number of rotatable bonds is 1. The van der Waals surface area contributed by atoms with Crippen molar-refractivity contribution in [2.75, 3.05) is 18.9 Å². The lowest BCUT2D eigenvalue weighted by atomic mass is 10.0. The Hall–Kier alpha value is -1.20. The summed E-state index contributed by atoms with van der Waals surface area (Å²) >= 11 is 1.67. The largest absolute Gasteiger partial charge is 0.383 e. The van der Waals surface area contributed by atoms with Crippen LogP contribution < -0.4 is 5.73 Å². The number of thiophene rings is 1. The lowest BCUT2D eigenvalue weighted by Gasteiger charge is -2.20. The number of nitrogens with zero attached hydrogens (tertiary/aromatic N) is 2. The standard InChI is InChI=1S/C12H15N3OS/c1-7-5-9-10(13)14-11(15-12(9)17-7)8-3-2-4-16-6-8/h5,8H,2-4,6H2,1H3,(H2,13,14,15). The molecule has 2 aromatic heterocycles. The Balaban J connectivity index is 2.04. The van der Waals surface area contributed by atoms with E-state index in [1.54, 1.807) is 11.3 Å². The van der Waals surface area contributed by atoms with E-state index in [1.807, 2.05) is 0 Å². The number of aryl methyl sites for hydroxylation is 1. The number of nitrogens with two attached hydrogens (primary N) is 1. The molecule has 0 spiro atoms. The molecular formula is C12H15N3OS. The second-order valence-electron chi connectivity index (χ2n) is 4.46. The molecule has 4 nitrogen and oxygen atoms in total. The van der Waals surface area contributed by atoms with E-state index in [0.29, 0.717) is 11.7 Å². The molecule has 17 heavy (non-hydrogen) atoms. The van der Waals surface area contributed by atoms with E-state index >= 15 is 0 Å². The fraction of sp³-hybridized carbons (Fsp3) is 0.500. The number of aromatic nitrogens is 2. The van der Waals surface area contributed by atoms with Gasteiger partial charge in [-0.15, -0.1) is 11.3 Å². The molecule has 0 bridgehead atoms. The number of fused-ring (bicyclic) bond motifs is 1. The zero-order valence-corrected chi connectivity index (χ0v) is 10.6. The summed E-state index contributed by atoms with van der Waals surface area (Å²) in [5.41, 5.74) is 5.99. The Bertz CT molecular complexity index is 546. The molecule has 2 N–H and O–H groups in total. The summed E-state index contributed by atoms with van der Waals surface area (Å²) in [5.74, 6) is 1.74. The maximum Gasteiger partial charge on any atom is 0.137 e. The minimum Gasteiger partial charge on any atom is -0.383 e. The molecule has 90 valence electrons. The van der Waals surface area contributed by atoms with Crippen LogP contribution in [0.4, 0.5) is 5.82 Å². The second kappa shape index (κ2) is 4.23. The van der Waals surface area contributed by atoms with Gasteiger partial charge in [-0.25, -0.2) is 9.97 Å². The van der Waals surface area contributed by atoms with Gasteiger partial charge < -0.3 is 10.5 Å². The van der Waals surface area contributed by atoms with Gasteiger partial charge in [-0.3, -0.25) is 0 Å². The van der Waals surface area contributed by atoms with Gasteiger partial charge in [0.25, 0.3) is 0 Å². The third-order valence-electron chi connectivity index (χ3n) is 3.09. The number of ether oxygens (including phenoxy) is 1. The average molecular weight is 249 g/mol. The van der Waals surface area contributed by atoms with Crippen LogP contribution in [0, 0.1) is 6.92 Å². The number of anilines is 1. The van der Waals surface area contributed by atoms with Crippen LogP contribution in [0.3, 0.4) is 0 Å². The van der Waals surface area contributed by atoms with Crippen molar-refractivity contribution in [3.05, 3.63) is 16.8 Å². The highest BCUT2D eigenvalue weighted by Gasteiger charge is 2.20. The van der Waals surface area contributed by atoms with Crippen molar-refractivity contribution in [2.24, 2.45) is 0 Å². The van der Waals surface area contributed by atoms with Crippen LogP contribution in [0.2, 0.25) is 0 Å². The van der Waals surface area contributed by atoms with E-state index in [9.17, 15) is 0 Å². The third kappa shape index (κ3) is 2.00. The molecule has 0 aliphatic carbocycles. The van der Waals surface area contributed by atoms with Crippen molar-refractivity contribution < 1.29 is 4.74 Å². The minimum absolute atomic E-state index is 0.304. The van der Waals surface area contributed by atoms with Gasteiger partial charge in [0.2, 0.25) is 0 Å². The fourth-order valence-electron chi connectivity index (χ4n) is 2.21. The molecule has 0 amide bonds. The van der Waals surface area contributed by atoms with Crippen molar-refractivity contribution >= 4 is 27.4 Å². The average Bonchev–Trinajstić information content (AvgIpc) is 2.71. The van der Waals surface area contributed by atoms with Crippen LogP contribution in [-0.4, -0.2) is 23.2 Å². The van der Waals surface area contributed by atoms with Crippen LogP contribution in [0.1, 0.15) is 29.5 Å². The van der Waals surface area contributed by atoms with Crippen LogP contribution in [0.25, 0.3) is 10.2 Å².